The highest BCUT2D eigenvalue weighted by Gasteiger charge is 2.20. The highest BCUT2D eigenvalue weighted by atomic mass is 19.1. The van der Waals surface area contributed by atoms with Crippen LogP contribution in [0, 0.1) is 23.0 Å². The van der Waals surface area contributed by atoms with Crippen LogP contribution in [0.4, 0.5) is 8.78 Å². The number of benzene rings is 2. The highest BCUT2D eigenvalue weighted by molar-refractivity contribution is 5.80. The maximum Gasteiger partial charge on any atom is 0.263 e. The van der Waals surface area contributed by atoms with Gasteiger partial charge in [-0.15, -0.1) is 0 Å². The van der Waals surface area contributed by atoms with E-state index >= 15 is 0 Å². The van der Waals surface area contributed by atoms with Crippen molar-refractivity contribution in [3.63, 3.8) is 0 Å². The fraction of sp³-hybridized carbons (Fsp3) is 0.222. The molecule has 124 valence electrons. The lowest BCUT2D eigenvalue weighted by Gasteiger charge is -2.22. The lowest BCUT2D eigenvalue weighted by atomic mass is 10.2. The van der Waals surface area contributed by atoms with Crippen molar-refractivity contribution in [2.75, 3.05) is 7.05 Å². The van der Waals surface area contributed by atoms with E-state index in [1.165, 1.54) is 18.0 Å². The molecular formula is C18H16F2N2O2. The number of ether oxygens (including phenoxy) is 1. The number of nitriles is 1. The molecule has 0 aliphatic rings. The van der Waals surface area contributed by atoms with E-state index in [1.54, 1.807) is 31.2 Å². The lowest BCUT2D eigenvalue weighted by Crippen LogP contribution is -2.37. The van der Waals surface area contributed by atoms with E-state index < -0.39 is 17.7 Å². The number of rotatable bonds is 5. The summed E-state index contributed by atoms with van der Waals surface area (Å²) in [4.78, 5) is 13.6. The summed E-state index contributed by atoms with van der Waals surface area (Å²) in [7, 11) is 1.52. The Morgan fingerprint density at radius 2 is 1.92 bits per heavy atom. The van der Waals surface area contributed by atoms with Crippen molar-refractivity contribution in [3.05, 3.63) is 65.2 Å². The van der Waals surface area contributed by atoms with Gasteiger partial charge < -0.3 is 9.64 Å². The van der Waals surface area contributed by atoms with Crippen molar-refractivity contribution < 1.29 is 18.3 Å². The Morgan fingerprint density at radius 1 is 1.25 bits per heavy atom. The van der Waals surface area contributed by atoms with Crippen molar-refractivity contribution in [1.82, 2.24) is 4.90 Å². The predicted molar refractivity (Wildman–Crippen MR) is 84.1 cm³/mol. The molecule has 2 rings (SSSR count). The Labute approximate surface area is 138 Å². The molecule has 1 amide bonds. The molecule has 0 bridgehead atoms. The Bertz CT molecular complexity index is 770. The standard InChI is InChI=1S/C18H16F2N2O2/c1-12(24-16-7-3-13(10-21)4-8-16)18(23)22(2)11-14-5-6-15(19)9-17(14)20/h3-9,12H,11H2,1-2H3. The quantitative estimate of drug-likeness (QED) is 0.845. The molecule has 0 heterocycles. The molecule has 2 aromatic carbocycles. The molecule has 24 heavy (non-hydrogen) atoms. The van der Waals surface area contributed by atoms with Crippen molar-refractivity contribution in [3.8, 4) is 11.8 Å². The summed E-state index contributed by atoms with van der Waals surface area (Å²) in [5.41, 5.74) is 0.711. The van der Waals surface area contributed by atoms with Gasteiger partial charge in [0.15, 0.2) is 6.10 Å². The maximum absolute atomic E-state index is 13.7. The van der Waals surface area contributed by atoms with Gasteiger partial charge in [-0.3, -0.25) is 4.79 Å². The van der Waals surface area contributed by atoms with Gasteiger partial charge in [0.25, 0.3) is 5.91 Å². The molecule has 6 heteroatoms. The van der Waals surface area contributed by atoms with Gasteiger partial charge in [-0.1, -0.05) is 6.07 Å². The van der Waals surface area contributed by atoms with Gasteiger partial charge in [-0.05, 0) is 37.3 Å². The molecule has 0 aliphatic heterocycles. The van der Waals surface area contributed by atoms with E-state index in [0.717, 1.165) is 12.1 Å². The van der Waals surface area contributed by atoms with Gasteiger partial charge in [0.2, 0.25) is 0 Å². The number of nitrogens with zero attached hydrogens (tertiary/aromatic N) is 2. The van der Waals surface area contributed by atoms with Gasteiger partial charge in [0.05, 0.1) is 11.6 Å². The average molecular weight is 330 g/mol. The number of likely N-dealkylation sites (N-methyl/N-ethyl adjacent to an activating group) is 1. The summed E-state index contributed by atoms with van der Waals surface area (Å²) in [5, 5.41) is 8.75. The number of hydrogen-bond donors (Lipinski definition) is 0. The third-order valence-electron chi connectivity index (χ3n) is 3.44. The van der Waals surface area contributed by atoms with Crippen LogP contribution in [0.2, 0.25) is 0 Å². The molecule has 0 radical (unpaired) electrons. The molecule has 4 nitrogen and oxygen atoms in total. The minimum absolute atomic E-state index is 0.00597. The van der Waals surface area contributed by atoms with Crippen LogP contribution >= 0.6 is 0 Å². The van der Waals surface area contributed by atoms with E-state index in [-0.39, 0.29) is 18.0 Å². The predicted octanol–water partition coefficient (Wildman–Crippen LogP) is 3.26. The Balaban J connectivity index is 1.99. The Kier molecular flexibility index (Phi) is 5.48. The van der Waals surface area contributed by atoms with Crippen LogP contribution in [-0.4, -0.2) is 24.0 Å². The maximum atomic E-state index is 13.7. The normalized spacial score (nSPS) is 11.5. The largest absolute Gasteiger partial charge is 0.481 e. The van der Waals surface area contributed by atoms with E-state index in [0.29, 0.717) is 11.3 Å². The van der Waals surface area contributed by atoms with Crippen LogP contribution in [0.25, 0.3) is 0 Å². The van der Waals surface area contributed by atoms with Crippen LogP contribution in [0.15, 0.2) is 42.5 Å². The van der Waals surface area contributed by atoms with Crippen LogP contribution in [0.1, 0.15) is 18.1 Å². The first kappa shape index (κ1) is 17.4. The lowest BCUT2D eigenvalue weighted by molar-refractivity contribution is -0.137. The average Bonchev–Trinajstić information content (AvgIpc) is 2.57. The van der Waals surface area contributed by atoms with E-state index in [9.17, 15) is 13.6 Å². The van der Waals surface area contributed by atoms with Gasteiger partial charge in [0, 0.05) is 25.2 Å². The van der Waals surface area contributed by atoms with E-state index in [2.05, 4.69) is 0 Å². The Morgan fingerprint density at radius 3 is 2.50 bits per heavy atom. The molecule has 0 aliphatic carbocycles. The van der Waals surface area contributed by atoms with E-state index in [1.807, 2.05) is 6.07 Å². The first-order valence-electron chi connectivity index (χ1n) is 7.26. The molecule has 0 fully saturated rings. The first-order chi connectivity index (χ1) is 11.4. The van der Waals surface area contributed by atoms with Crippen LogP contribution in [0.3, 0.4) is 0 Å². The van der Waals surface area contributed by atoms with E-state index in [4.69, 9.17) is 10.00 Å². The topological polar surface area (TPSA) is 53.3 Å². The van der Waals surface area contributed by atoms with Crippen molar-refractivity contribution in [1.29, 1.82) is 5.26 Å². The molecular weight excluding hydrogens is 314 g/mol. The molecule has 0 saturated carbocycles. The third kappa shape index (κ3) is 4.29. The second-order valence-corrected chi connectivity index (χ2v) is 5.33. The second kappa shape index (κ2) is 7.55. The first-order valence-corrected chi connectivity index (χ1v) is 7.26. The highest BCUT2D eigenvalue weighted by Crippen LogP contribution is 2.16. The van der Waals surface area contributed by atoms with Gasteiger partial charge in [-0.2, -0.15) is 5.26 Å². The van der Waals surface area contributed by atoms with Crippen LogP contribution in [0.5, 0.6) is 5.75 Å². The SMILES string of the molecule is CC(Oc1ccc(C#N)cc1)C(=O)N(C)Cc1ccc(F)cc1F. The summed E-state index contributed by atoms with van der Waals surface area (Å²) in [6.45, 7) is 1.59. The number of carbonyl (C=O) groups excluding carboxylic acids is 1. The molecule has 0 spiro atoms. The molecule has 0 saturated heterocycles. The zero-order chi connectivity index (χ0) is 17.7. The second-order valence-electron chi connectivity index (χ2n) is 5.33. The van der Waals surface area contributed by atoms with Crippen LogP contribution < -0.4 is 4.74 Å². The minimum Gasteiger partial charge on any atom is -0.481 e. The van der Waals surface area contributed by atoms with Crippen molar-refractivity contribution >= 4 is 5.91 Å². The van der Waals surface area contributed by atoms with Gasteiger partial charge in [0.1, 0.15) is 17.4 Å². The fourth-order valence-electron chi connectivity index (χ4n) is 2.16. The smallest absolute Gasteiger partial charge is 0.263 e. The molecule has 2 aromatic rings. The number of halogens is 2. The molecule has 1 atom stereocenters. The zero-order valence-corrected chi connectivity index (χ0v) is 13.3. The van der Waals surface area contributed by atoms with Crippen molar-refractivity contribution in [2.24, 2.45) is 0 Å². The number of hydrogen-bond acceptors (Lipinski definition) is 3. The van der Waals surface area contributed by atoms with Crippen LogP contribution in [-0.2, 0) is 11.3 Å². The summed E-state index contributed by atoms with van der Waals surface area (Å²) >= 11 is 0. The summed E-state index contributed by atoms with van der Waals surface area (Å²) in [6, 6.07) is 11.6. The summed E-state index contributed by atoms with van der Waals surface area (Å²) < 4.78 is 32.1. The monoisotopic (exact) mass is 330 g/mol. The minimum atomic E-state index is -0.786. The van der Waals surface area contributed by atoms with Gasteiger partial charge in [-0.25, -0.2) is 8.78 Å². The zero-order valence-electron chi connectivity index (χ0n) is 13.3. The van der Waals surface area contributed by atoms with Crippen molar-refractivity contribution in [2.45, 2.75) is 19.6 Å². The Hall–Kier alpha value is -2.94. The number of carbonyl (C=O) groups is 1. The van der Waals surface area contributed by atoms with Gasteiger partial charge >= 0.3 is 0 Å². The molecule has 1 unspecified atom stereocenters. The number of amides is 1. The summed E-state index contributed by atoms with van der Waals surface area (Å²) in [5.74, 6) is -1.25. The molecule has 0 N–H and O–H groups in total. The summed E-state index contributed by atoms with van der Waals surface area (Å²) in [6.07, 6.45) is -0.786. The third-order valence-corrected chi connectivity index (χ3v) is 3.44. The fourth-order valence-corrected chi connectivity index (χ4v) is 2.16. The molecule has 0 aromatic heterocycles.